The topological polar surface area (TPSA) is 12.0 Å². The number of hydrogen-bond acceptors (Lipinski definition) is 1. The first kappa shape index (κ1) is 143. The van der Waals surface area contributed by atoms with Crippen LogP contribution in [0.3, 0.4) is 0 Å². The summed E-state index contributed by atoms with van der Waals surface area (Å²) in [6, 6.07) is 0. The van der Waals surface area contributed by atoms with E-state index in [4.69, 9.17) is 0 Å². The molecule has 2 rings (SSSR count). The molecule has 1 nitrogen and oxygen atoms in total. The Labute approximate surface area is 888 Å². The molecule has 0 heterocycles. The Morgan fingerprint density at radius 1 is 0.101 bits per heavy atom. The zero-order valence-corrected chi connectivity index (χ0v) is 100. The molecule has 139 heavy (non-hydrogen) atoms. The van der Waals surface area contributed by atoms with Gasteiger partial charge in [0.05, 0.1) is 0 Å². The van der Waals surface area contributed by atoms with Crippen molar-refractivity contribution in [3.05, 3.63) is 0 Å². The lowest BCUT2D eigenvalue weighted by Crippen LogP contribution is -2.18. The molecular weight excluding hydrogens is 1670 g/mol. The maximum absolute atomic E-state index is 3.63. The highest BCUT2D eigenvalue weighted by Crippen LogP contribution is 2.31. The monoisotopic (exact) mass is 1960 g/mol. The van der Waals surface area contributed by atoms with Crippen LogP contribution in [0.15, 0.2) is 0 Å². The second kappa shape index (κ2) is 142. The van der Waals surface area contributed by atoms with Crippen molar-refractivity contribution in [2.45, 2.75) is 864 Å². The fourth-order valence-electron chi connectivity index (χ4n) is 23.1. The van der Waals surface area contributed by atoms with Gasteiger partial charge in [0.15, 0.2) is 0 Å². The number of nitrogens with one attached hydrogen (secondary N) is 1. The summed E-state index contributed by atoms with van der Waals surface area (Å²) in [5.74, 6) is 2.16. The lowest BCUT2D eigenvalue weighted by molar-refractivity contribution is 0.449. The molecule has 0 aromatic heterocycles. The fraction of sp³-hybridized carbons (Fsp3) is 1.00. The number of hydrogen-bond donors (Lipinski definition) is 1. The largest absolute Gasteiger partial charge is 0.317 e. The number of rotatable bonds is 118. The lowest BCUT2D eigenvalue weighted by Gasteiger charge is -2.10. The highest BCUT2D eigenvalue weighted by Gasteiger charge is 2.16. The van der Waals surface area contributed by atoms with E-state index < -0.39 is 0 Å². The standard InChI is InChI=1S/2C40H82.2C21H44.C16H31N/c2*1-3-5-7-9-11-13-15-17-19-21-23-25-27-29-31-33-35-37-39-40-38-36-34-32-30-28-26-24-22-20-18-16-14-12-10-8-6-4-2;2*1-3-5-7-9-11-13-15-17-19-21-20-18-16-14-12-10-8-6-4-2;1-2-8-15(7-1)11-5-13-17-14-6-12-16-9-3-4-10-16/h2*3-40H2,1-2H3;2*3-21H2,1-2H3;15-17H,1-14H2. The summed E-state index contributed by atoms with van der Waals surface area (Å²) in [6.07, 6.45) is 186. The first-order valence-electron chi connectivity index (χ1n) is 68.8. The van der Waals surface area contributed by atoms with Gasteiger partial charge in [-0.1, -0.05) is 839 Å². The Morgan fingerprint density at radius 2 is 0.173 bits per heavy atom. The normalized spacial score (nSPS) is 12.8. The Kier molecular flexibility index (Phi) is 146. The summed E-state index contributed by atoms with van der Waals surface area (Å²) < 4.78 is 0. The molecule has 0 bridgehead atoms. The molecule has 0 spiro atoms. The van der Waals surface area contributed by atoms with Crippen LogP contribution in [0.4, 0.5) is 0 Å². The summed E-state index contributed by atoms with van der Waals surface area (Å²) >= 11 is 0. The average Bonchev–Trinajstić information content (AvgIpc) is 1.86. The predicted octanol–water partition coefficient (Wildman–Crippen LogP) is 53.1. The molecule has 2 saturated carbocycles. The minimum atomic E-state index is 1.08. The minimum Gasteiger partial charge on any atom is -0.317 e. The molecule has 0 aromatic carbocycles. The maximum atomic E-state index is 3.63. The van der Waals surface area contributed by atoms with Gasteiger partial charge in [-0.25, -0.2) is 0 Å². The van der Waals surface area contributed by atoms with E-state index in [0.717, 1.165) is 11.8 Å². The molecule has 0 unspecified atom stereocenters. The van der Waals surface area contributed by atoms with Crippen molar-refractivity contribution in [3.8, 4) is 0 Å². The van der Waals surface area contributed by atoms with Crippen LogP contribution in [-0.4, -0.2) is 13.1 Å². The lowest BCUT2D eigenvalue weighted by atomic mass is 10.0. The Hall–Kier alpha value is -0.0400. The molecule has 0 radical (unpaired) electrons. The Balaban J connectivity index is -0.00000173. The van der Waals surface area contributed by atoms with Crippen molar-refractivity contribution in [3.63, 3.8) is 0 Å². The van der Waals surface area contributed by atoms with Gasteiger partial charge in [-0.15, -0.1) is 0 Å². The Morgan fingerprint density at radius 3 is 0.245 bits per heavy atom. The van der Waals surface area contributed by atoms with Crippen molar-refractivity contribution >= 4 is 0 Å². The SMILES string of the molecule is C1CCC(CCCNCCCC2CCCC2)C1.CCCCCCCCCCCCCCCCCCCCC.CCCCCCCCCCCCCCCCCCCCC.CCCCCCCCCCCCCCCCCCCCCCCCCCCCCCCCCCCCCCCC.CCCCCCCCCCCCCCCCCCCCCCCCCCCCCCCCCCCCCCCC. The summed E-state index contributed by atoms with van der Waals surface area (Å²) in [6.45, 7) is 21.0. The van der Waals surface area contributed by atoms with Crippen molar-refractivity contribution in [1.29, 1.82) is 0 Å². The van der Waals surface area contributed by atoms with Crippen LogP contribution in [0, 0.1) is 11.8 Å². The zero-order chi connectivity index (χ0) is 100. The van der Waals surface area contributed by atoms with E-state index in [1.165, 1.54) is 822 Å². The molecule has 0 atom stereocenters. The van der Waals surface area contributed by atoms with E-state index in [1.54, 1.807) is 0 Å². The van der Waals surface area contributed by atoms with Gasteiger partial charge >= 0.3 is 0 Å². The van der Waals surface area contributed by atoms with Crippen LogP contribution >= 0.6 is 0 Å². The maximum Gasteiger partial charge on any atom is -0.00488 e. The molecule has 840 valence electrons. The van der Waals surface area contributed by atoms with Gasteiger partial charge in [-0.05, 0) is 50.6 Å². The first-order valence-corrected chi connectivity index (χ1v) is 68.8. The van der Waals surface area contributed by atoms with Gasteiger partial charge in [0, 0.05) is 0 Å². The Bertz CT molecular complexity index is 1660. The molecule has 1 N–H and O–H groups in total. The van der Waals surface area contributed by atoms with E-state index in [1.807, 2.05) is 0 Å². The third-order valence-corrected chi connectivity index (χ3v) is 33.2. The quantitative estimate of drug-likeness (QED) is 0.0599. The molecule has 0 aromatic rings. The smallest absolute Gasteiger partial charge is 0.00488 e. The van der Waals surface area contributed by atoms with Crippen LogP contribution in [0.1, 0.15) is 864 Å². The van der Waals surface area contributed by atoms with Gasteiger partial charge in [0.1, 0.15) is 0 Å². The van der Waals surface area contributed by atoms with E-state index in [0.29, 0.717) is 0 Å². The third-order valence-electron chi connectivity index (χ3n) is 33.2. The van der Waals surface area contributed by atoms with Gasteiger partial charge < -0.3 is 5.32 Å². The average molecular weight is 1960 g/mol. The highest BCUT2D eigenvalue weighted by atomic mass is 14.8. The second-order valence-electron chi connectivity index (χ2n) is 47.8. The molecule has 2 fully saturated rings. The van der Waals surface area contributed by atoms with Crippen molar-refractivity contribution in [1.82, 2.24) is 5.32 Å². The van der Waals surface area contributed by atoms with Crippen LogP contribution in [0.2, 0.25) is 0 Å². The van der Waals surface area contributed by atoms with E-state index in [2.05, 4.69) is 60.7 Å². The van der Waals surface area contributed by atoms with Crippen LogP contribution in [0.5, 0.6) is 0 Å². The highest BCUT2D eigenvalue weighted by molar-refractivity contribution is 4.70. The van der Waals surface area contributed by atoms with Crippen LogP contribution in [0.25, 0.3) is 0 Å². The van der Waals surface area contributed by atoms with Crippen molar-refractivity contribution < 1.29 is 0 Å². The van der Waals surface area contributed by atoms with Gasteiger partial charge in [-0.2, -0.15) is 0 Å². The first-order chi connectivity index (χ1) is 69.1. The minimum absolute atomic E-state index is 1.08. The van der Waals surface area contributed by atoms with E-state index >= 15 is 0 Å². The molecule has 2 aliphatic carbocycles. The van der Waals surface area contributed by atoms with Gasteiger partial charge in [-0.3, -0.25) is 0 Å². The molecule has 0 saturated heterocycles. The second-order valence-corrected chi connectivity index (χ2v) is 47.8. The molecule has 0 aliphatic heterocycles. The van der Waals surface area contributed by atoms with Crippen LogP contribution in [-0.2, 0) is 0 Å². The van der Waals surface area contributed by atoms with Gasteiger partial charge in [0.2, 0.25) is 0 Å². The van der Waals surface area contributed by atoms with E-state index in [9.17, 15) is 0 Å². The summed E-state index contributed by atoms with van der Waals surface area (Å²) in [4.78, 5) is 0. The molecular formula is C138H283N. The van der Waals surface area contributed by atoms with Crippen molar-refractivity contribution in [2.24, 2.45) is 11.8 Å². The van der Waals surface area contributed by atoms with E-state index in [-0.39, 0.29) is 0 Å². The summed E-state index contributed by atoms with van der Waals surface area (Å²) in [5.41, 5.74) is 0. The fourth-order valence-corrected chi connectivity index (χ4v) is 23.1. The molecule has 1 heteroatoms. The number of unbranched alkanes of at least 4 members (excludes halogenated alkanes) is 110. The predicted molar refractivity (Wildman–Crippen MR) is 647 cm³/mol. The van der Waals surface area contributed by atoms with Crippen LogP contribution < -0.4 is 5.32 Å². The summed E-state index contributed by atoms with van der Waals surface area (Å²) in [5, 5.41) is 3.63. The molecule has 2 aliphatic rings. The van der Waals surface area contributed by atoms with Crippen molar-refractivity contribution in [2.75, 3.05) is 13.1 Å². The zero-order valence-electron chi connectivity index (χ0n) is 100. The summed E-state index contributed by atoms with van der Waals surface area (Å²) in [7, 11) is 0. The third kappa shape index (κ3) is 142. The molecule has 0 amide bonds. The van der Waals surface area contributed by atoms with Gasteiger partial charge in [0.25, 0.3) is 0 Å².